The van der Waals surface area contributed by atoms with E-state index < -0.39 is 0 Å². The number of fused-ring (bicyclic) bond motifs is 1. The van der Waals surface area contributed by atoms with Gasteiger partial charge in [0.1, 0.15) is 0 Å². The minimum atomic E-state index is 0. The van der Waals surface area contributed by atoms with Crippen LogP contribution in [0.15, 0.2) is 60.0 Å². The summed E-state index contributed by atoms with van der Waals surface area (Å²) in [4.78, 5) is 3.74. The maximum Gasteiger partial charge on any atom is 0.0202 e. The summed E-state index contributed by atoms with van der Waals surface area (Å²) in [6.07, 6.45) is 1.15. The first-order valence-electron chi connectivity index (χ1n) is 7.41. The largest absolute Gasteiger partial charge is 0.309 e. The number of halogens is 1. The Bertz CT molecular complexity index is 701. The molecule has 116 valence electrons. The highest BCUT2D eigenvalue weighted by Gasteiger charge is 2.17. The molecule has 0 bridgehead atoms. The summed E-state index contributed by atoms with van der Waals surface area (Å²) in [5.74, 6) is 0.485. The van der Waals surface area contributed by atoms with Gasteiger partial charge in [-0.15, -0.1) is 23.7 Å². The van der Waals surface area contributed by atoms with Gasteiger partial charge in [0.15, 0.2) is 0 Å². The van der Waals surface area contributed by atoms with Crippen LogP contribution < -0.4 is 0 Å². The Kier molecular flexibility index (Phi) is 6.01. The van der Waals surface area contributed by atoms with Gasteiger partial charge in [0, 0.05) is 10.8 Å². The molecule has 0 fully saturated rings. The summed E-state index contributed by atoms with van der Waals surface area (Å²) in [6, 6.07) is 19.8. The van der Waals surface area contributed by atoms with Gasteiger partial charge in [-0.2, -0.15) is 0 Å². The third-order valence-electron chi connectivity index (χ3n) is 3.95. The predicted molar refractivity (Wildman–Crippen MR) is 101 cm³/mol. The van der Waals surface area contributed by atoms with Gasteiger partial charge >= 0.3 is 0 Å². The van der Waals surface area contributed by atoms with Gasteiger partial charge in [-0.1, -0.05) is 48.5 Å². The topological polar surface area (TPSA) is 3.24 Å². The zero-order valence-corrected chi connectivity index (χ0v) is 14.7. The van der Waals surface area contributed by atoms with E-state index in [4.69, 9.17) is 0 Å². The molecule has 0 radical (unpaired) electrons. The second kappa shape index (κ2) is 7.77. The molecule has 0 saturated heterocycles. The molecule has 3 rings (SSSR count). The molecule has 0 amide bonds. The van der Waals surface area contributed by atoms with E-state index in [1.54, 1.807) is 0 Å². The van der Waals surface area contributed by atoms with Crippen molar-refractivity contribution in [1.82, 2.24) is 4.90 Å². The van der Waals surface area contributed by atoms with Crippen molar-refractivity contribution in [3.05, 3.63) is 70.4 Å². The van der Waals surface area contributed by atoms with Crippen molar-refractivity contribution in [2.45, 2.75) is 12.3 Å². The van der Waals surface area contributed by atoms with Gasteiger partial charge in [0.05, 0.1) is 0 Å². The van der Waals surface area contributed by atoms with E-state index in [9.17, 15) is 0 Å². The Balaban J connectivity index is 0.00000176. The molecule has 0 N–H and O–H groups in total. The Morgan fingerprint density at radius 1 is 0.955 bits per heavy atom. The fourth-order valence-corrected chi connectivity index (χ4v) is 3.76. The molecule has 0 saturated carbocycles. The van der Waals surface area contributed by atoms with E-state index >= 15 is 0 Å². The highest BCUT2D eigenvalue weighted by atomic mass is 35.5. The van der Waals surface area contributed by atoms with Crippen LogP contribution in [0.4, 0.5) is 0 Å². The van der Waals surface area contributed by atoms with Crippen LogP contribution >= 0.6 is 23.7 Å². The molecule has 1 unspecified atom stereocenters. The SMILES string of the molecule is CN(C)CCC(c1cccs1)c1cccc2ccccc12.Cl. The van der Waals surface area contributed by atoms with Gasteiger partial charge in [-0.05, 0) is 54.8 Å². The normalized spacial score (nSPS) is 12.3. The van der Waals surface area contributed by atoms with E-state index in [-0.39, 0.29) is 12.4 Å². The Morgan fingerprint density at radius 2 is 1.73 bits per heavy atom. The smallest absolute Gasteiger partial charge is 0.0202 e. The highest BCUT2D eigenvalue weighted by Crippen LogP contribution is 2.35. The van der Waals surface area contributed by atoms with Gasteiger partial charge in [-0.3, -0.25) is 0 Å². The van der Waals surface area contributed by atoms with E-state index in [1.165, 1.54) is 21.2 Å². The average molecular weight is 332 g/mol. The summed E-state index contributed by atoms with van der Waals surface area (Å²) in [7, 11) is 4.29. The van der Waals surface area contributed by atoms with E-state index in [0.717, 1.165) is 13.0 Å². The maximum absolute atomic E-state index is 2.29. The first-order valence-corrected chi connectivity index (χ1v) is 8.29. The molecule has 0 aliphatic carbocycles. The number of benzene rings is 2. The minimum absolute atomic E-state index is 0. The Labute approximate surface area is 143 Å². The fourth-order valence-electron chi connectivity index (χ4n) is 2.88. The molecule has 3 heteroatoms. The van der Waals surface area contributed by atoms with Crippen LogP contribution in [0.5, 0.6) is 0 Å². The summed E-state index contributed by atoms with van der Waals surface area (Å²) in [5.41, 5.74) is 1.46. The van der Waals surface area contributed by atoms with Crippen molar-refractivity contribution < 1.29 is 0 Å². The van der Waals surface area contributed by atoms with Gasteiger partial charge in [-0.25, -0.2) is 0 Å². The van der Waals surface area contributed by atoms with Crippen LogP contribution in [0, 0.1) is 0 Å². The molecular weight excluding hydrogens is 310 g/mol. The molecule has 1 heterocycles. The van der Waals surface area contributed by atoms with E-state index in [2.05, 4.69) is 79.0 Å². The highest BCUT2D eigenvalue weighted by molar-refractivity contribution is 7.10. The monoisotopic (exact) mass is 331 g/mol. The molecule has 22 heavy (non-hydrogen) atoms. The van der Waals surface area contributed by atoms with Crippen LogP contribution in [0.1, 0.15) is 22.8 Å². The second-order valence-electron chi connectivity index (χ2n) is 5.73. The lowest BCUT2D eigenvalue weighted by molar-refractivity contribution is 0.391. The Hall–Kier alpha value is -1.35. The lowest BCUT2D eigenvalue weighted by Crippen LogP contribution is -2.16. The third kappa shape index (κ3) is 3.70. The van der Waals surface area contributed by atoms with Crippen molar-refractivity contribution in [1.29, 1.82) is 0 Å². The van der Waals surface area contributed by atoms with Gasteiger partial charge in [0.25, 0.3) is 0 Å². The molecular formula is C19H22ClNS. The number of rotatable bonds is 5. The molecule has 0 aliphatic rings. The average Bonchev–Trinajstić information content (AvgIpc) is 3.01. The molecule has 1 aromatic heterocycles. The van der Waals surface area contributed by atoms with Crippen LogP contribution in [0.2, 0.25) is 0 Å². The second-order valence-corrected chi connectivity index (χ2v) is 6.71. The van der Waals surface area contributed by atoms with Gasteiger partial charge < -0.3 is 4.90 Å². The van der Waals surface area contributed by atoms with E-state index in [1.807, 2.05) is 11.3 Å². The zero-order chi connectivity index (χ0) is 14.7. The van der Waals surface area contributed by atoms with Crippen LogP contribution in [-0.4, -0.2) is 25.5 Å². The molecule has 3 aromatic rings. The lowest BCUT2D eigenvalue weighted by atomic mass is 9.89. The first kappa shape index (κ1) is 17.0. The summed E-state index contributed by atoms with van der Waals surface area (Å²) >= 11 is 1.87. The third-order valence-corrected chi connectivity index (χ3v) is 4.94. The maximum atomic E-state index is 2.29. The van der Waals surface area contributed by atoms with Crippen molar-refractivity contribution in [3.63, 3.8) is 0 Å². The quantitative estimate of drug-likeness (QED) is 0.604. The minimum Gasteiger partial charge on any atom is -0.309 e. The number of thiophene rings is 1. The summed E-state index contributed by atoms with van der Waals surface area (Å²) in [6.45, 7) is 1.10. The van der Waals surface area contributed by atoms with Crippen LogP contribution in [0.3, 0.4) is 0 Å². The summed E-state index contributed by atoms with van der Waals surface area (Å²) < 4.78 is 0. The van der Waals surface area contributed by atoms with E-state index in [0.29, 0.717) is 5.92 Å². The standard InChI is InChI=1S/C19H21NS.ClH/c1-20(2)13-12-18(19-11-6-14-21-19)17-10-5-8-15-7-3-4-9-16(15)17;/h3-11,14,18H,12-13H2,1-2H3;1H. The van der Waals surface area contributed by atoms with Crippen LogP contribution in [-0.2, 0) is 0 Å². The zero-order valence-electron chi connectivity index (χ0n) is 13.0. The molecule has 0 aliphatic heterocycles. The molecule has 1 atom stereocenters. The van der Waals surface area contributed by atoms with Crippen molar-refractivity contribution >= 4 is 34.5 Å². The van der Waals surface area contributed by atoms with Crippen molar-refractivity contribution in [2.24, 2.45) is 0 Å². The van der Waals surface area contributed by atoms with Gasteiger partial charge in [0.2, 0.25) is 0 Å². The van der Waals surface area contributed by atoms with Crippen LogP contribution in [0.25, 0.3) is 10.8 Å². The van der Waals surface area contributed by atoms with Crippen molar-refractivity contribution in [2.75, 3.05) is 20.6 Å². The Morgan fingerprint density at radius 3 is 2.45 bits per heavy atom. The summed E-state index contributed by atoms with van der Waals surface area (Å²) in [5, 5.41) is 4.90. The first-order chi connectivity index (χ1) is 10.3. The fraction of sp³-hybridized carbons (Fsp3) is 0.263. The number of nitrogens with zero attached hydrogens (tertiary/aromatic N) is 1. The predicted octanol–water partition coefficient (Wildman–Crippen LogP) is 5.41. The molecule has 1 nitrogen and oxygen atoms in total. The molecule has 0 spiro atoms. The number of hydrogen-bond acceptors (Lipinski definition) is 2. The lowest BCUT2D eigenvalue weighted by Gasteiger charge is -2.20. The number of hydrogen-bond donors (Lipinski definition) is 0. The molecule has 2 aromatic carbocycles. The van der Waals surface area contributed by atoms with Crippen molar-refractivity contribution in [3.8, 4) is 0 Å².